The largest absolute Gasteiger partial charge is 0.346 e. The minimum Gasteiger partial charge on any atom is -0.346 e. The van der Waals surface area contributed by atoms with Gasteiger partial charge in [0, 0.05) is 26.6 Å². The first-order valence-corrected chi connectivity index (χ1v) is 6.54. The fourth-order valence-corrected chi connectivity index (χ4v) is 3.03. The molecule has 80 valence electrons. The van der Waals surface area contributed by atoms with Gasteiger partial charge >= 0.3 is 0 Å². The van der Waals surface area contributed by atoms with Crippen molar-refractivity contribution < 1.29 is 0 Å². The van der Waals surface area contributed by atoms with Crippen LogP contribution in [-0.4, -0.2) is 11.1 Å². The molecule has 2 aromatic rings. The van der Waals surface area contributed by atoms with Crippen LogP contribution in [0, 0.1) is 0 Å². The Morgan fingerprint density at radius 1 is 1.47 bits per heavy atom. The molecule has 0 aromatic carbocycles. The molecular formula is C11H13BrN2S. The van der Waals surface area contributed by atoms with Gasteiger partial charge in [0.25, 0.3) is 0 Å². The number of halogens is 1. The SMILES string of the molecule is NCCc1cccn1Cc1cc(Br)cs1. The fourth-order valence-electron chi connectivity index (χ4n) is 1.58. The Morgan fingerprint density at radius 3 is 3.00 bits per heavy atom. The van der Waals surface area contributed by atoms with Crippen LogP contribution in [0.15, 0.2) is 34.2 Å². The third-order valence-corrected chi connectivity index (χ3v) is 3.95. The Bertz CT molecular complexity index is 433. The Labute approximate surface area is 102 Å². The summed E-state index contributed by atoms with van der Waals surface area (Å²) in [7, 11) is 0. The van der Waals surface area contributed by atoms with E-state index in [9.17, 15) is 0 Å². The van der Waals surface area contributed by atoms with Crippen molar-refractivity contribution in [2.24, 2.45) is 5.73 Å². The van der Waals surface area contributed by atoms with E-state index in [-0.39, 0.29) is 0 Å². The molecule has 0 spiro atoms. The Balaban J connectivity index is 2.13. The maximum absolute atomic E-state index is 5.57. The molecule has 0 radical (unpaired) electrons. The van der Waals surface area contributed by atoms with Crippen LogP contribution in [-0.2, 0) is 13.0 Å². The van der Waals surface area contributed by atoms with Gasteiger partial charge in [-0.25, -0.2) is 0 Å². The van der Waals surface area contributed by atoms with Gasteiger partial charge in [-0.05, 0) is 47.1 Å². The first kappa shape index (κ1) is 10.9. The summed E-state index contributed by atoms with van der Waals surface area (Å²) < 4.78 is 3.42. The van der Waals surface area contributed by atoms with Crippen LogP contribution in [0.1, 0.15) is 10.6 Å². The lowest BCUT2D eigenvalue weighted by molar-refractivity contribution is 0.744. The molecule has 2 rings (SSSR count). The van der Waals surface area contributed by atoms with E-state index in [1.807, 2.05) is 0 Å². The van der Waals surface area contributed by atoms with E-state index in [4.69, 9.17) is 5.73 Å². The van der Waals surface area contributed by atoms with Crippen LogP contribution in [0.2, 0.25) is 0 Å². The highest BCUT2D eigenvalue weighted by molar-refractivity contribution is 9.10. The Kier molecular flexibility index (Phi) is 3.61. The van der Waals surface area contributed by atoms with Crippen LogP contribution in [0.25, 0.3) is 0 Å². The molecule has 0 aliphatic rings. The van der Waals surface area contributed by atoms with Crippen molar-refractivity contribution in [3.8, 4) is 0 Å². The van der Waals surface area contributed by atoms with E-state index in [1.165, 1.54) is 10.6 Å². The van der Waals surface area contributed by atoms with Crippen molar-refractivity contribution in [2.45, 2.75) is 13.0 Å². The molecule has 4 heteroatoms. The number of nitrogens with two attached hydrogens (primary N) is 1. The summed E-state index contributed by atoms with van der Waals surface area (Å²) in [6, 6.07) is 6.38. The minimum absolute atomic E-state index is 0.706. The molecule has 2 nitrogen and oxygen atoms in total. The van der Waals surface area contributed by atoms with Crippen LogP contribution < -0.4 is 5.73 Å². The highest BCUT2D eigenvalue weighted by Gasteiger charge is 2.02. The second-order valence-electron chi connectivity index (χ2n) is 3.40. The average molecular weight is 285 g/mol. The van der Waals surface area contributed by atoms with Crippen LogP contribution in [0.5, 0.6) is 0 Å². The van der Waals surface area contributed by atoms with Gasteiger partial charge in [0.2, 0.25) is 0 Å². The molecule has 0 saturated heterocycles. The smallest absolute Gasteiger partial charge is 0.0566 e. The van der Waals surface area contributed by atoms with Crippen molar-refractivity contribution in [1.82, 2.24) is 4.57 Å². The molecule has 0 unspecified atom stereocenters. The second-order valence-corrected chi connectivity index (χ2v) is 5.31. The van der Waals surface area contributed by atoms with Gasteiger partial charge in [-0.2, -0.15) is 0 Å². The molecule has 2 N–H and O–H groups in total. The van der Waals surface area contributed by atoms with Gasteiger partial charge in [0.15, 0.2) is 0 Å². The normalized spacial score (nSPS) is 10.8. The number of hydrogen-bond acceptors (Lipinski definition) is 2. The van der Waals surface area contributed by atoms with Crippen molar-refractivity contribution in [3.63, 3.8) is 0 Å². The van der Waals surface area contributed by atoms with Crippen LogP contribution >= 0.6 is 27.3 Å². The molecule has 0 aliphatic heterocycles. The zero-order valence-corrected chi connectivity index (χ0v) is 10.7. The lowest BCUT2D eigenvalue weighted by atomic mass is 10.3. The minimum atomic E-state index is 0.706. The summed E-state index contributed by atoms with van der Waals surface area (Å²) in [4.78, 5) is 1.36. The molecule has 0 fully saturated rings. The van der Waals surface area contributed by atoms with E-state index in [2.05, 4.69) is 50.3 Å². The molecule has 0 atom stereocenters. The molecule has 2 heterocycles. The van der Waals surface area contributed by atoms with Crippen molar-refractivity contribution in [1.29, 1.82) is 0 Å². The number of nitrogens with zero attached hydrogens (tertiary/aromatic N) is 1. The van der Waals surface area contributed by atoms with Gasteiger partial charge in [0.1, 0.15) is 0 Å². The van der Waals surface area contributed by atoms with E-state index in [1.54, 1.807) is 11.3 Å². The van der Waals surface area contributed by atoms with Gasteiger partial charge in [0.05, 0.1) is 6.54 Å². The molecule has 0 bridgehead atoms. The number of rotatable bonds is 4. The number of aromatic nitrogens is 1. The van der Waals surface area contributed by atoms with Crippen molar-refractivity contribution in [2.75, 3.05) is 6.54 Å². The van der Waals surface area contributed by atoms with Gasteiger partial charge in [-0.15, -0.1) is 11.3 Å². The maximum atomic E-state index is 5.57. The summed E-state index contributed by atoms with van der Waals surface area (Å²) in [6.07, 6.45) is 3.05. The van der Waals surface area contributed by atoms with Gasteiger partial charge in [-0.1, -0.05) is 0 Å². The Morgan fingerprint density at radius 2 is 2.33 bits per heavy atom. The lowest BCUT2D eigenvalue weighted by Gasteiger charge is -2.06. The molecule has 0 amide bonds. The predicted octanol–water partition coefficient (Wildman–Crippen LogP) is 2.86. The third kappa shape index (κ3) is 2.71. The van der Waals surface area contributed by atoms with Crippen molar-refractivity contribution >= 4 is 27.3 Å². The van der Waals surface area contributed by atoms with Crippen molar-refractivity contribution in [3.05, 3.63) is 44.8 Å². The molecule has 0 aliphatic carbocycles. The maximum Gasteiger partial charge on any atom is 0.0566 e. The van der Waals surface area contributed by atoms with Gasteiger partial charge in [-0.3, -0.25) is 0 Å². The average Bonchev–Trinajstić information content (AvgIpc) is 2.78. The summed E-state index contributed by atoms with van der Waals surface area (Å²) in [6.45, 7) is 1.65. The zero-order chi connectivity index (χ0) is 10.7. The molecule has 2 aromatic heterocycles. The number of thiophene rings is 1. The highest BCUT2D eigenvalue weighted by atomic mass is 79.9. The summed E-state index contributed by atoms with van der Waals surface area (Å²) in [5.74, 6) is 0. The topological polar surface area (TPSA) is 30.9 Å². The lowest BCUT2D eigenvalue weighted by Crippen LogP contribution is -2.08. The summed E-state index contributed by atoms with van der Waals surface area (Å²) in [5, 5.41) is 2.11. The molecule has 0 saturated carbocycles. The van der Waals surface area contributed by atoms with Gasteiger partial charge < -0.3 is 10.3 Å². The molecule has 15 heavy (non-hydrogen) atoms. The van der Waals surface area contributed by atoms with Crippen LogP contribution in [0.4, 0.5) is 0 Å². The predicted molar refractivity (Wildman–Crippen MR) is 68.3 cm³/mol. The summed E-state index contributed by atoms with van der Waals surface area (Å²) in [5.41, 5.74) is 6.88. The van der Waals surface area contributed by atoms with Crippen LogP contribution in [0.3, 0.4) is 0 Å². The standard InChI is InChI=1S/C11H13BrN2S/c12-9-6-11(15-8-9)7-14-5-1-2-10(14)3-4-13/h1-2,5-6,8H,3-4,7,13H2. The first-order valence-electron chi connectivity index (χ1n) is 4.86. The fraction of sp³-hybridized carbons (Fsp3) is 0.273. The second kappa shape index (κ2) is 4.96. The first-order chi connectivity index (χ1) is 7.29. The van der Waals surface area contributed by atoms with E-state index in [0.29, 0.717) is 6.54 Å². The zero-order valence-electron chi connectivity index (χ0n) is 8.32. The van der Waals surface area contributed by atoms with E-state index in [0.717, 1.165) is 17.4 Å². The Hall–Kier alpha value is -0.580. The molecular weight excluding hydrogens is 272 g/mol. The van der Waals surface area contributed by atoms with E-state index < -0.39 is 0 Å². The number of hydrogen-bond donors (Lipinski definition) is 1. The summed E-state index contributed by atoms with van der Waals surface area (Å²) >= 11 is 5.24. The monoisotopic (exact) mass is 284 g/mol. The highest BCUT2D eigenvalue weighted by Crippen LogP contribution is 2.21. The quantitative estimate of drug-likeness (QED) is 0.920. The third-order valence-electron chi connectivity index (χ3n) is 2.27. The van der Waals surface area contributed by atoms with E-state index >= 15 is 0 Å².